The highest BCUT2D eigenvalue weighted by Gasteiger charge is 2.45. The number of halogens is 1. The number of amides is 2. The molecule has 0 radical (unpaired) electrons. The molecule has 0 unspecified atom stereocenters. The van der Waals surface area contributed by atoms with Crippen LogP contribution in [-0.4, -0.2) is 41.0 Å². The monoisotopic (exact) mass is 532 g/mol. The van der Waals surface area contributed by atoms with Gasteiger partial charge < -0.3 is 5.11 Å². The van der Waals surface area contributed by atoms with Gasteiger partial charge in [-0.1, -0.05) is 46.3 Å². The number of piperidine rings is 1. The lowest BCUT2D eigenvalue weighted by Crippen LogP contribution is -2.49. The number of hydrogen-bond acceptors (Lipinski definition) is 6. The molecule has 0 aromatic heterocycles. The molecule has 0 bridgehead atoms. The fourth-order valence-corrected chi connectivity index (χ4v) is 4.97. The number of azo groups is 1. The number of benzene rings is 3. The number of imide groups is 1. The van der Waals surface area contributed by atoms with E-state index in [2.05, 4.69) is 26.2 Å². The molecule has 0 aliphatic carbocycles. The number of hydrogen-bond donors (Lipinski definition) is 1. The SMILES string of the molecule is O=C1C[C@H](N2CCC(O)(c3ccc(Br)cc3)CC2)C(=O)N1c1ccc(N=Nc2ccccc2)cc1. The van der Waals surface area contributed by atoms with E-state index < -0.39 is 11.6 Å². The molecule has 0 spiro atoms. The Hall–Kier alpha value is -3.20. The second-order valence-corrected chi connectivity index (χ2v) is 9.83. The average Bonchev–Trinajstić information content (AvgIpc) is 3.18. The fraction of sp³-hybridized carbons (Fsp3) is 0.259. The minimum Gasteiger partial charge on any atom is -0.385 e. The zero-order valence-corrected chi connectivity index (χ0v) is 20.6. The molecule has 7 nitrogen and oxygen atoms in total. The summed E-state index contributed by atoms with van der Waals surface area (Å²) in [5.41, 5.74) is 1.87. The van der Waals surface area contributed by atoms with Crippen LogP contribution in [0.4, 0.5) is 17.1 Å². The maximum absolute atomic E-state index is 13.2. The van der Waals surface area contributed by atoms with Crippen molar-refractivity contribution in [2.75, 3.05) is 18.0 Å². The van der Waals surface area contributed by atoms with Crippen LogP contribution in [0.3, 0.4) is 0 Å². The summed E-state index contributed by atoms with van der Waals surface area (Å²) in [5.74, 6) is -0.435. The standard InChI is InChI=1S/C27H25BrN4O3/c28-20-8-6-19(7-9-20)27(35)14-16-31(17-15-27)24-18-25(33)32(26(24)34)23-12-10-22(11-13-23)30-29-21-4-2-1-3-5-21/h1-13,24,35H,14-18H2/t24-/m0/s1. The number of nitrogens with zero attached hydrogens (tertiary/aromatic N) is 4. The van der Waals surface area contributed by atoms with E-state index in [0.29, 0.717) is 37.3 Å². The first-order valence-electron chi connectivity index (χ1n) is 11.6. The van der Waals surface area contributed by atoms with Crippen LogP contribution in [0.1, 0.15) is 24.8 Å². The fourth-order valence-electron chi connectivity index (χ4n) is 4.71. The van der Waals surface area contributed by atoms with Crippen molar-refractivity contribution in [3.63, 3.8) is 0 Å². The zero-order valence-electron chi connectivity index (χ0n) is 19.0. The first kappa shape index (κ1) is 23.5. The van der Waals surface area contributed by atoms with Crippen molar-refractivity contribution in [2.45, 2.75) is 30.9 Å². The Morgan fingerprint density at radius 1 is 0.829 bits per heavy atom. The Morgan fingerprint density at radius 3 is 2.06 bits per heavy atom. The molecule has 5 rings (SSSR count). The quantitative estimate of drug-likeness (QED) is 0.348. The first-order valence-corrected chi connectivity index (χ1v) is 12.4. The van der Waals surface area contributed by atoms with Gasteiger partial charge in [-0.25, -0.2) is 4.90 Å². The van der Waals surface area contributed by atoms with Crippen molar-refractivity contribution >= 4 is 44.8 Å². The Morgan fingerprint density at radius 2 is 1.43 bits per heavy atom. The Balaban J connectivity index is 1.24. The molecule has 2 aliphatic heterocycles. The van der Waals surface area contributed by atoms with E-state index in [0.717, 1.165) is 15.7 Å². The van der Waals surface area contributed by atoms with Crippen molar-refractivity contribution in [2.24, 2.45) is 10.2 Å². The van der Waals surface area contributed by atoms with Crippen molar-refractivity contribution in [3.8, 4) is 0 Å². The molecule has 2 saturated heterocycles. The van der Waals surface area contributed by atoms with Crippen molar-refractivity contribution in [3.05, 3.63) is 88.9 Å². The molecule has 3 aromatic carbocycles. The third-order valence-electron chi connectivity index (χ3n) is 6.72. The molecule has 2 heterocycles. The summed E-state index contributed by atoms with van der Waals surface area (Å²) in [6, 6.07) is 23.5. The molecule has 2 amide bonds. The second-order valence-electron chi connectivity index (χ2n) is 8.91. The first-order chi connectivity index (χ1) is 16.9. The minimum atomic E-state index is -0.924. The molecule has 3 aromatic rings. The van der Waals surface area contributed by atoms with Gasteiger partial charge in [0.15, 0.2) is 0 Å². The molecule has 8 heteroatoms. The third kappa shape index (κ3) is 4.96. The van der Waals surface area contributed by atoms with Gasteiger partial charge in [-0.2, -0.15) is 10.2 Å². The van der Waals surface area contributed by atoms with Gasteiger partial charge in [0, 0.05) is 17.6 Å². The lowest BCUT2D eigenvalue weighted by atomic mass is 9.84. The summed E-state index contributed by atoms with van der Waals surface area (Å²) in [7, 11) is 0. The van der Waals surface area contributed by atoms with E-state index in [1.165, 1.54) is 4.90 Å². The van der Waals surface area contributed by atoms with Crippen LogP contribution in [0.2, 0.25) is 0 Å². The molecule has 2 aliphatic rings. The number of likely N-dealkylation sites (tertiary alicyclic amines) is 1. The van der Waals surface area contributed by atoms with E-state index in [9.17, 15) is 14.7 Å². The molecule has 2 fully saturated rings. The summed E-state index contributed by atoms with van der Waals surface area (Å²) in [5, 5.41) is 19.6. The molecular formula is C27H25BrN4O3. The van der Waals surface area contributed by atoms with E-state index in [1.54, 1.807) is 24.3 Å². The normalized spacial score (nSPS) is 20.6. The topological polar surface area (TPSA) is 85.6 Å². The van der Waals surface area contributed by atoms with Gasteiger partial charge in [0.1, 0.15) is 0 Å². The summed E-state index contributed by atoms with van der Waals surface area (Å²) >= 11 is 3.43. The number of aliphatic hydroxyl groups is 1. The third-order valence-corrected chi connectivity index (χ3v) is 7.24. The molecular weight excluding hydrogens is 508 g/mol. The summed E-state index contributed by atoms with van der Waals surface area (Å²) in [4.78, 5) is 29.3. The highest BCUT2D eigenvalue weighted by molar-refractivity contribution is 9.10. The van der Waals surface area contributed by atoms with Gasteiger partial charge >= 0.3 is 0 Å². The number of rotatable bonds is 5. The average molecular weight is 533 g/mol. The number of carbonyl (C=O) groups is 2. The van der Waals surface area contributed by atoms with Gasteiger partial charge in [-0.3, -0.25) is 14.5 Å². The molecule has 178 valence electrons. The van der Waals surface area contributed by atoms with Gasteiger partial charge in [-0.05, 0) is 66.9 Å². The van der Waals surface area contributed by atoms with Crippen LogP contribution >= 0.6 is 15.9 Å². The summed E-state index contributed by atoms with van der Waals surface area (Å²) < 4.78 is 0.963. The maximum Gasteiger partial charge on any atom is 0.251 e. The predicted octanol–water partition coefficient (Wildman–Crippen LogP) is 5.48. The highest BCUT2D eigenvalue weighted by atomic mass is 79.9. The van der Waals surface area contributed by atoms with E-state index in [4.69, 9.17) is 0 Å². The predicted molar refractivity (Wildman–Crippen MR) is 137 cm³/mol. The Kier molecular flexibility index (Phi) is 6.60. The summed E-state index contributed by atoms with van der Waals surface area (Å²) in [6.07, 6.45) is 1.16. The van der Waals surface area contributed by atoms with Crippen LogP contribution in [0.25, 0.3) is 0 Å². The van der Waals surface area contributed by atoms with E-state index in [1.807, 2.05) is 59.5 Å². The van der Waals surface area contributed by atoms with Gasteiger partial charge in [-0.15, -0.1) is 0 Å². The van der Waals surface area contributed by atoms with Crippen molar-refractivity contribution < 1.29 is 14.7 Å². The maximum atomic E-state index is 13.2. The van der Waals surface area contributed by atoms with Crippen molar-refractivity contribution in [1.29, 1.82) is 0 Å². The van der Waals surface area contributed by atoms with Crippen LogP contribution in [0.5, 0.6) is 0 Å². The van der Waals surface area contributed by atoms with Gasteiger partial charge in [0.2, 0.25) is 5.91 Å². The second kappa shape index (κ2) is 9.81. The molecule has 1 N–H and O–H groups in total. The Labute approximate surface area is 212 Å². The van der Waals surface area contributed by atoms with Crippen LogP contribution < -0.4 is 4.90 Å². The number of carbonyl (C=O) groups excluding carboxylic acids is 2. The van der Waals surface area contributed by atoms with Crippen LogP contribution in [-0.2, 0) is 15.2 Å². The van der Waals surface area contributed by atoms with Crippen LogP contribution in [0, 0.1) is 0 Å². The van der Waals surface area contributed by atoms with E-state index >= 15 is 0 Å². The smallest absolute Gasteiger partial charge is 0.251 e. The van der Waals surface area contributed by atoms with Crippen LogP contribution in [0.15, 0.2) is 93.6 Å². The lowest BCUT2D eigenvalue weighted by Gasteiger charge is -2.40. The van der Waals surface area contributed by atoms with Crippen molar-refractivity contribution in [1.82, 2.24) is 4.90 Å². The largest absolute Gasteiger partial charge is 0.385 e. The zero-order chi connectivity index (χ0) is 24.4. The highest BCUT2D eigenvalue weighted by Crippen LogP contribution is 2.36. The molecule has 0 saturated carbocycles. The minimum absolute atomic E-state index is 0.144. The lowest BCUT2D eigenvalue weighted by molar-refractivity contribution is -0.124. The van der Waals surface area contributed by atoms with Gasteiger partial charge in [0.05, 0.1) is 35.1 Å². The molecule has 1 atom stereocenters. The van der Waals surface area contributed by atoms with Gasteiger partial charge in [0.25, 0.3) is 5.91 Å². The number of anilines is 1. The Bertz CT molecular complexity index is 1240. The molecule has 35 heavy (non-hydrogen) atoms. The van der Waals surface area contributed by atoms with E-state index in [-0.39, 0.29) is 18.2 Å². The summed E-state index contributed by atoms with van der Waals surface area (Å²) in [6.45, 7) is 1.09.